The highest BCUT2D eigenvalue weighted by Crippen LogP contribution is 2.16. The molecule has 2 amide bonds. The number of amides is 2. The van der Waals surface area contributed by atoms with Crippen molar-refractivity contribution >= 4 is 33.2 Å². The summed E-state index contributed by atoms with van der Waals surface area (Å²) < 4.78 is 25.8. The molecule has 0 radical (unpaired) electrons. The number of hydrogen-bond donors (Lipinski definition) is 3. The number of sulfonamides is 1. The molecule has 2 aromatic carbocycles. The summed E-state index contributed by atoms with van der Waals surface area (Å²) >= 11 is 0. The van der Waals surface area contributed by atoms with Gasteiger partial charge in [0.1, 0.15) is 0 Å². The maximum Gasteiger partial charge on any atom is 0.255 e. The molecule has 0 aliphatic rings. The van der Waals surface area contributed by atoms with E-state index in [-0.39, 0.29) is 16.4 Å². The van der Waals surface area contributed by atoms with Gasteiger partial charge in [-0.2, -0.15) is 0 Å². The molecule has 0 bridgehead atoms. The van der Waals surface area contributed by atoms with Gasteiger partial charge < -0.3 is 10.6 Å². The van der Waals surface area contributed by atoms with Crippen LogP contribution in [-0.2, 0) is 14.8 Å². The zero-order valence-electron chi connectivity index (χ0n) is 13.2. The molecular weight excluding hydrogens is 330 g/mol. The van der Waals surface area contributed by atoms with Crippen molar-refractivity contribution in [3.05, 3.63) is 54.1 Å². The lowest BCUT2D eigenvalue weighted by molar-refractivity contribution is -0.114. The minimum atomic E-state index is -3.61. The predicted octanol–water partition coefficient (Wildman–Crippen LogP) is 1.81. The van der Waals surface area contributed by atoms with Gasteiger partial charge in [0, 0.05) is 23.9 Å². The highest BCUT2D eigenvalue weighted by Gasteiger charge is 2.14. The van der Waals surface area contributed by atoms with Gasteiger partial charge in [-0.3, -0.25) is 9.59 Å². The highest BCUT2D eigenvalue weighted by molar-refractivity contribution is 7.89. The predicted molar refractivity (Wildman–Crippen MR) is 91.4 cm³/mol. The van der Waals surface area contributed by atoms with Crippen molar-refractivity contribution < 1.29 is 18.0 Å². The summed E-state index contributed by atoms with van der Waals surface area (Å²) in [6, 6.07) is 12.3. The fourth-order valence-corrected chi connectivity index (χ4v) is 2.74. The molecule has 2 aromatic rings. The summed E-state index contributed by atoms with van der Waals surface area (Å²) in [5.74, 6) is -0.621. The molecule has 126 valence electrons. The van der Waals surface area contributed by atoms with Gasteiger partial charge >= 0.3 is 0 Å². The van der Waals surface area contributed by atoms with E-state index in [9.17, 15) is 18.0 Å². The van der Waals surface area contributed by atoms with Gasteiger partial charge in [0.25, 0.3) is 5.91 Å². The fraction of sp³-hybridized carbons (Fsp3) is 0.125. The van der Waals surface area contributed by atoms with Crippen LogP contribution in [0, 0.1) is 0 Å². The second-order valence-electron chi connectivity index (χ2n) is 4.95. The second-order valence-corrected chi connectivity index (χ2v) is 6.83. The van der Waals surface area contributed by atoms with Crippen LogP contribution in [0.3, 0.4) is 0 Å². The summed E-state index contributed by atoms with van der Waals surface area (Å²) in [5, 5.41) is 5.29. The van der Waals surface area contributed by atoms with Crippen molar-refractivity contribution in [3.8, 4) is 0 Å². The Morgan fingerprint density at radius 1 is 0.917 bits per heavy atom. The van der Waals surface area contributed by atoms with Crippen LogP contribution in [0.25, 0.3) is 0 Å². The monoisotopic (exact) mass is 347 g/mol. The minimum absolute atomic E-state index is 0.0126. The number of benzene rings is 2. The van der Waals surface area contributed by atoms with Gasteiger partial charge in [0.05, 0.1) is 4.90 Å². The maximum atomic E-state index is 12.2. The van der Waals surface area contributed by atoms with E-state index < -0.39 is 15.9 Å². The van der Waals surface area contributed by atoms with Gasteiger partial charge in [0.15, 0.2) is 0 Å². The molecule has 3 N–H and O–H groups in total. The van der Waals surface area contributed by atoms with Gasteiger partial charge in [-0.1, -0.05) is 6.07 Å². The van der Waals surface area contributed by atoms with Crippen LogP contribution in [-0.4, -0.2) is 27.3 Å². The molecule has 0 fully saturated rings. The Balaban J connectivity index is 2.15. The third-order valence-corrected chi connectivity index (χ3v) is 4.55. The highest BCUT2D eigenvalue weighted by atomic mass is 32.2. The maximum absolute atomic E-state index is 12.2. The van der Waals surface area contributed by atoms with Crippen LogP contribution in [0.4, 0.5) is 11.4 Å². The Morgan fingerprint density at radius 2 is 1.50 bits per heavy atom. The van der Waals surface area contributed by atoms with Crippen molar-refractivity contribution in [2.24, 2.45) is 0 Å². The molecule has 0 unspecified atom stereocenters. The number of nitrogens with one attached hydrogen (secondary N) is 3. The number of anilines is 2. The second kappa shape index (κ2) is 7.24. The van der Waals surface area contributed by atoms with E-state index >= 15 is 0 Å². The lowest BCUT2D eigenvalue weighted by atomic mass is 10.2. The molecule has 8 heteroatoms. The van der Waals surface area contributed by atoms with Crippen LogP contribution in [0.5, 0.6) is 0 Å². The van der Waals surface area contributed by atoms with E-state index in [1.807, 2.05) is 0 Å². The Hall–Kier alpha value is -2.71. The first-order chi connectivity index (χ1) is 11.3. The molecule has 0 aliphatic heterocycles. The third kappa shape index (κ3) is 4.40. The Kier molecular flexibility index (Phi) is 5.32. The van der Waals surface area contributed by atoms with Gasteiger partial charge in [-0.25, -0.2) is 13.1 Å². The Labute approximate surface area is 140 Å². The molecule has 0 aromatic heterocycles. The zero-order chi connectivity index (χ0) is 17.7. The van der Waals surface area contributed by atoms with Crippen molar-refractivity contribution in [1.82, 2.24) is 4.72 Å². The van der Waals surface area contributed by atoms with E-state index in [0.29, 0.717) is 11.4 Å². The normalized spacial score (nSPS) is 10.9. The summed E-state index contributed by atoms with van der Waals surface area (Å²) in [5.41, 5.74) is 1.36. The van der Waals surface area contributed by atoms with Crippen LogP contribution in [0.15, 0.2) is 53.4 Å². The first-order valence-corrected chi connectivity index (χ1v) is 8.53. The summed E-state index contributed by atoms with van der Waals surface area (Å²) in [6.45, 7) is 1.40. The minimum Gasteiger partial charge on any atom is -0.326 e. The molecule has 0 spiro atoms. The van der Waals surface area contributed by atoms with Crippen LogP contribution in [0.1, 0.15) is 17.3 Å². The molecule has 0 saturated carbocycles. The fourth-order valence-electron chi connectivity index (χ4n) is 1.97. The van der Waals surface area contributed by atoms with Crippen molar-refractivity contribution in [3.63, 3.8) is 0 Å². The molecule has 2 rings (SSSR count). The smallest absolute Gasteiger partial charge is 0.255 e. The summed E-state index contributed by atoms with van der Waals surface area (Å²) in [7, 11) is -2.31. The van der Waals surface area contributed by atoms with Crippen LogP contribution in [0.2, 0.25) is 0 Å². The summed E-state index contributed by atoms with van der Waals surface area (Å²) in [6.07, 6.45) is 0. The third-order valence-electron chi connectivity index (χ3n) is 3.14. The average molecular weight is 347 g/mol. The van der Waals surface area contributed by atoms with E-state index in [2.05, 4.69) is 15.4 Å². The lowest BCUT2D eigenvalue weighted by Crippen LogP contribution is -2.19. The zero-order valence-corrected chi connectivity index (χ0v) is 14.0. The lowest BCUT2D eigenvalue weighted by Gasteiger charge is -2.08. The van der Waals surface area contributed by atoms with Crippen LogP contribution >= 0.6 is 0 Å². The standard InChI is InChI=1S/C16H17N3O4S/c1-11(20)18-13-6-8-14(9-7-13)19-16(21)12-4-3-5-15(10-12)24(22,23)17-2/h3-10,17H,1-2H3,(H,18,20)(H,19,21). The van der Waals surface area contributed by atoms with Crippen LogP contribution < -0.4 is 15.4 Å². The molecule has 0 atom stereocenters. The molecule has 0 heterocycles. The molecular formula is C16H17N3O4S. The number of carbonyl (C=O) groups excluding carboxylic acids is 2. The molecule has 0 saturated heterocycles. The average Bonchev–Trinajstić information content (AvgIpc) is 2.56. The topological polar surface area (TPSA) is 104 Å². The van der Waals surface area contributed by atoms with E-state index in [1.54, 1.807) is 24.3 Å². The van der Waals surface area contributed by atoms with E-state index in [4.69, 9.17) is 0 Å². The van der Waals surface area contributed by atoms with E-state index in [0.717, 1.165) is 0 Å². The largest absolute Gasteiger partial charge is 0.326 e. The first kappa shape index (κ1) is 17.6. The molecule has 0 aliphatic carbocycles. The number of hydrogen-bond acceptors (Lipinski definition) is 4. The SMILES string of the molecule is CNS(=O)(=O)c1cccc(C(=O)Nc2ccc(NC(C)=O)cc2)c1. The van der Waals surface area contributed by atoms with E-state index in [1.165, 1.54) is 38.2 Å². The summed E-state index contributed by atoms with van der Waals surface area (Å²) in [4.78, 5) is 23.2. The van der Waals surface area contributed by atoms with Crippen molar-refractivity contribution in [2.45, 2.75) is 11.8 Å². The Bertz CT molecular complexity index is 861. The number of rotatable bonds is 5. The van der Waals surface area contributed by atoms with Gasteiger partial charge in [-0.05, 0) is 49.5 Å². The van der Waals surface area contributed by atoms with Crippen molar-refractivity contribution in [2.75, 3.05) is 17.7 Å². The molecule has 24 heavy (non-hydrogen) atoms. The molecule has 7 nitrogen and oxygen atoms in total. The first-order valence-electron chi connectivity index (χ1n) is 7.04. The Morgan fingerprint density at radius 3 is 2.04 bits per heavy atom. The van der Waals surface area contributed by atoms with Gasteiger partial charge in [0.2, 0.25) is 15.9 Å². The van der Waals surface area contributed by atoms with Crippen molar-refractivity contribution in [1.29, 1.82) is 0 Å². The van der Waals surface area contributed by atoms with Gasteiger partial charge in [-0.15, -0.1) is 0 Å². The number of carbonyl (C=O) groups is 2. The quantitative estimate of drug-likeness (QED) is 0.767.